The Morgan fingerprint density at radius 2 is 1.79 bits per heavy atom. The van der Waals surface area contributed by atoms with Crippen LogP contribution in [0.25, 0.3) is 6.08 Å². The first-order valence-corrected chi connectivity index (χ1v) is 12.6. The lowest BCUT2D eigenvalue weighted by Crippen LogP contribution is -2.06. The number of esters is 1. The van der Waals surface area contributed by atoms with E-state index in [4.69, 9.17) is 21.1 Å². The van der Waals surface area contributed by atoms with E-state index >= 15 is 0 Å². The molecule has 0 radical (unpaired) electrons. The van der Waals surface area contributed by atoms with Gasteiger partial charge in [0.25, 0.3) is 5.69 Å². The number of halogens is 4. The normalized spacial score (nSPS) is 14.2. The van der Waals surface area contributed by atoms with Gasteiger partial charge in [-0.15, -0.1) is 0 Å². The predicted molar refractivity (Wildman–Crippen MR) is 144 cm³/mol. The molecule has 1 aliphatic rings. The van der Waals surface area contributed by atoms with Crippen molar-refractivity contribution in [3.8, 4) is 5.75 Å². The zero-order valence-electron chi connectivity index (χ0n) is 16.9. The SMILES string of the molecule is O=C1OC(c2cc(I)ccc2Cl)=N/C1=C\c1cc(Br)c(OCc2ccc([N+](=O)[O-])cc2)c(Br)c1. The van der Waals surface area contributed by atoms with E-state index in [0.29, 0.717) is 30.8 Å². The Bertz CT molecular complexity index is 1350. The van der Waals surface area contributed by atoms with E-state index in [1.54, 1.807) is 42.5 Å². The largest absolute Gasteiger partial charge is 0.487 e. The first-order valence-electron chi connectivity index (χ1n) is 9.54. The van der Waals surface area contributed by atoms with Crippen molar-refractivity contribution in [2.75, 3.05) is 0 Å². The van der Waals surface area contributed by atoms with Gasteiger partial charge in [-0.05, 0) is 114 Å². The summed E-state index contributed by atoms with van der Waals surface area (Å²) < 4.78 is 13.4. The second kappa shape index (κ2) is 10.5. The molecule has 3 aromatic rings. The van der Waals surface area contributed by atoms with Gasteiger partial charge in [-0.3, -0.25) is 10.1 Å². The molecule has 0 bridgehead atoms. The monoisotopic (exact) mass is 716 g/mol. The number of carbonyl (C=O) groups is 1. The summed E-state index contributed by atoms with van der Waals surface area (Å²) in [4.78, 5) is 27.0. The number of nitrogens with zero attached hydrogens (tertiary/aromatic N) is 2. The highest BCUT2D eigenvalue weighted by Crippen LogP contribution is 2.36. The van der Waals surface area contributed by atoms with Crippen LogP contribution < -0.4 is 4.74 Å². The van der Waals surface area contributed by atoms with Gasteiger partial charge in [0.1, 0.15) is 12.4 Å². The Kier molecular flexibility index (Phi) is 7.70. The Balaban J connectivity index is 1.54. The lowest BCUT2D eigenvalue weighted by atomic mass is 10.2. The molecule has 4 rings (SSSR count). The number of benzene rings is 3. The molecule has 0 saturated heterocycles. The summed E-state index contributed by atoms with van der Waals surface area (Å²) >= 11 is 15.4. The molecular formula is C23H12Br2ClIN2O5. The van der Waals surface area contributed by atoms with E-state index in [2.05, 4.69) is 59.4 Å². The van der Waals surface area contributed by atoms with Crippen molar-refractivity contribution in [3.05, 3.63) is 105 Å². The van der Waals surface area contributed by atoms with Crippen molar-refractivity contribution in [2.24, 2.45) is 4.99 Å². The number of aliphatic imine (C=N–C) groups is 1. The molecule has 0 atom stereocenters. The molecule has 3 aromatic carbocycles. The molecule has 172 valence electrons. The zero-order valence-corrected chi connectivity index (χ0v) is 23.0. The van der Waals surface area contributed by atoms with Crippen molar-refractivity contribution in [2.45, 2.75) is 6.61 Å². The third-order valence-electron chi connectivity index (χ3n) is 4.63. The first kappa shape index (κ1) is 24.8. The minimum absolute atomic E-state index is 0.0176. The van der Waals surface area contributed by atoms with Gasteiger partial charge in [-0.25, -0.2) is 9.79 Å². The quantitative estimate of drug-likeness (QED) is 0.0878. The van der Waals surface area contributed by atoms with Gasteiger partial charge >= 0.3 is 5.97 Å². The summed E-state index contributed by atoms with van der Waals surface area (Å²) in [5.41, 5.74) is 2.17. The molecule has 0 amide bonds. The van der Waals surface area contributed by atoms with E-state index in [1.165, 1.54) is 12.1 Å². The van der Waals surface area contributed by atoms with Gasteiger partial charge in [0.2, 0.25) is 5.90 Å². The smallest absolute Gasteiger partial charge is 0.363 e. The molecule has 1 aliphatic heterocycles. The highest BCUT2D eigenvalue weighted by molar-refractivity contribution is 14.1. The Labute approximate surface area is 229 Å². The molecular weight excluding hydrogens is 706 g/mol. The van der Waals surface area contributed by atoms with Gasteiger partial charge in [-0.1, -0.05) is 11.6 Å². The summed E-state index contributed by atoms with van der Waals surface area (Å²) in [6, 6.07) is 15.1. The summed E-state index contributed by atoms with van der Waals surface area (Å²) in [6.45, 7) is 0.215. The lowest BCUT2D eigenvalue weighted by molar-refractivity contribution is -0.384. The average molecular weight is 719 g/mol. The van der Waals surface area contributed by atoms with Crippen LogP contribution in [0.3, 0.4) is 0 Å². The molecule has 11 heteroatoms. The first-order chi connectivity index (χ1) is 16.2. The molecule has 0 unspecified atom stereocenters. The zero-order chi connectivity index (χ0) is 24.4. The van der Waals surface area contributed by atoms with Crippen LogP contribution in [0.2, 0.25) is 5.02 Å². The van der Waals surface area contributed by atoms with Crippen LogP contribution in [0.5, 0.6) is 5.75 Å². The molecule has 7 nitrogen and oxygen atoms in total. The van der Waals surface area contributed by atoms with E-state index in [-0.39, 0.29) is 23.9 Å². The molecule has 0 aliphatic carbocycles. The van der Waals surface area contributed by atoms with Crippen LogP contribution in [0.15, 0.2) is 74.2 Å². The van der Waals surface area contributed by atoms with Crippen molar-refractivity contribution in [1.82, 2.24) is 0 Å². The number of hydrogen-bond acceptors (Lipinski definition) is 6. The third-order valence-corrected chi connectivity index (χ3v) is 6.81. The van der Waals surface area contributed by atoms with E-state index in [0.717, 1.165) is 9.13 Å². The fraction of sp³-hybridized carbons (Fsp3) is 0.0435. The van der Waals surface area contributed by atoms with Crippen LogP contribution in [0, 0.1) is 13.7 Å². The number of hydrogen-bond donors (Lipinski definition) is 0. The fourth-order valence-corrected chi connectivity index (χ4v) is 5.15. The van der Waals surface area contributed by atoms with Gasteiger partial charge < -0.3 is 9.47 Å². The summed E-state index contributed by atoms with van der Waals surface area (Å²) in [5.74, 6) is 0.126. The third kappa shape index (κ3) is 5.68. The minimum atomic E-state index is -0.573. The topological polar surface area (TPSA) is 91.0 Å². The predicted octanol–water partition coefficient (Wildman–Crippen LogP) is 7.30. The van der Waals surface area contributed by atoms with Gasteiger partial charge in [0, 0.05) is 15.7 Å². The maximum atomic E-state index is 12.4. The summed E-state index contributed by atoms with van der Waals surface area (Å²) in [5, 5.41) is 11.2. The van der Waals surface area contributed by atoms with Crippen LogP contribution in [-0.4, -0.2) is 16.8 Å². The fourth-order valence-electron chi connectivity index (χ4n) is 3.01. The second-order valence-corrected chi connectivity index (χ2v) is 10.3. The van der Waals surface area contributed by atoms with Crippen molar-refractivity contribution >= 4 is 89.7 Å². The summed E-state index contributed by atoms with van der Waals surface area (Å²) in [6.07, 6.45) is 1.60. The molecule has 0 fully saturated rings. The molecule has 0 aromatic heterocycles. The highest BCUT2D eigenvalue weighted by atomic mass is 127. The number of nitro groups is 1. The van der Waals surface area contributed by atoms with Crippen molar-refractivity contribution < 1.29 is 19.2 Å². The van der Waals surface area contributed by atoms with Crippen LogP contribution >= 0.6 is 66.1 Å². The van der Waals surface area contributed by atoms with Crippen molar-refractivity contribution in [1.29, 1.82) is 0 Å². The number of nitro benzene ring substituents is 1. The second-order valence-electron chi connectivity index (χ2n) is 6.99. The Morgan fingerprint density at radius 3 is 2.44 bits per heavy atom. The molecule has 34 heavy (non-hydrogen) atoms. The summed E-state index contributed by atoms with van der Waals surface area (Å²) in [7, 11) is 0. The van der Waals surface area contributed by atoms with E-state index < -0.39 is 10.9 Å². The number of ether oxygens (including phenoxy) is 2. The maximum Gasteiger partial charge on any atom is 0.363 e. The molecule has 0 spiro atoms. The number of rotatable bonds is 6. The molecule has 0 saturated carbocycles. The Hall–Kier alpha value is -2.28. The Morgan fingerprint density at radius 1 is 1.12 bits per heavy atom. The maximum absolute atomic E-state index is 12.4. The standard InChI is InChI=1S/C23H12Br2ClIN2O5/c24-17-7-13(8-18(25)21(17)33-11-12-1-4-15(5-2-12)29(31)32)9-20-23(30)34-22(28-20)16-10-14(27)3-6-19(16)26/h1-10H,11H2/b20-9-. The molecule has 0 N–H and O–H groups in total. The van der Waals surface area contributed by atoms with Crippen LogP contribution in [0.4, 0.5) is 5.69 Å². The van der Waals surface area contributed by atoms with Crippen LogP contribution in [-0.2, 0) is 16.1 Å². The minimum Gasteiger partial charge on any atom is -0.487 e. The number of non-ortho nitro benzene ring substituents is 1. The lowest BCUT2D eigenvalue weighted by Gasteiger charge is -2.11. The van der Waals surface area contributed by atoms with Gasteiger partial charge in [0.15, 0.2) is 5.70 Å². The van der Waals surface area contributed by atoms with Crippen LogP contribution in [0.1, 0.15) is 16.7 Å². The van der Waals surface area contributed by atoms with Gasteiger partial charge in [-0.2, -0.15) is 0 Å². The number of carbonyl (C=O) groups excluding carboxylic acids is 1. The van der Waals surface area contributed by atoms with Gasteiger partial charge in [0.05, 0.1) is 24.5 Å². The van der Waals surface area contributed by atoms with E-state index in [1.807, 2.05) is 6.07 Å². The van der Waals surface area contributed by atoms with Crippen molar-refractivity contribution in [3.63, 3.8) is 0 Å². The average Bonchev–Trinajstić information content (AvgIpc) is 3.15. The highest BCUT2D eigenvalue weighted by Gasteiger charge is 2.26. The van der Waals surface area contributed by atoms with E-state index in [9.17, 15) is 14.9 Å². The molecule has 1 heterocycles. The number of cyclic esters (lactones) is 1.